The van der Waals surface area contributed by atoms with Gasteiger partial charge in [-0.1, -0.05) is 0 Å². The summed E-state index contributed by atoms with van der Waals surface area (Å²) in [5.41, 5.74) is 3.36. The van der Waals surface area contributed by atoms with Crippen LogP contribution in [0, 0.1) is 0 Å². The SMILES string of the molecule is O=C(NCc1nc2c(s1)CCCC2)c1ccc2nc(C3CC3)oc2c1. The van der Waals surface area contributed by atoms with Gasteiger partial charge >= 0.3 is 0 Å². The van der Waals surface area contributed by atoms with E-state index in [0.717, 1.165) is 42.1 Å². The Hall–Kier alpha value is -2.21. The third-order valence-electron chi connectivity index (χ3n) is 4.88. The molecule has 0 radical (unpaired) electrons. The van der Waals surface area contributed by atoms with Crippen LogP contribution >= 0.6 is 11.3 Å². The Kier molecular flexibility index (Phi) is 3.59. The van der Waals surface area contributed by atoms with Crippen LogP contribution in [0.1, 0.15) is 63.4 Å². The van der Waals surface area contributed by atoms with Crippen molar-refractivity contribution in [3.8, 4) is 0 Å². The number of carbonyl (C=O) groups is 1. The van der Waals surface area contributed by atoms with Crippen molar-refractivity contribution >= 4 is 28.3 Å². The average Bonchev–Trinajstić information content (AvgIpc) is 3.26. The molecule has 2 aliphatic rings. The second-order valence-corrected chi connectivity index (χ2v) is 8.04. The zero-order chi connectivity index (χ0) is 16.8. The van der Waals surface area contributed by atoms with Crippen LogP contribution in [0.3, 0.4) is 0 Å². The summed E-state index contributed by atoms with van der Waals surface area (Å²) in [6.45, 7) is 0.484. The number of oxazole rings is 1. The fourth-order valence-electron chi connectivity index (χ4n) is 3.33. The minimum atomic E-state index is -0.0977. The summed E-state index contributed by atoms with van der Waals surface area (Å²) in [6.07, 6.45) is 6.98. The summed E-state index contributed by atoms with van der Waals surface area (Å²) in [5.74, 6) is 1.18. The molecule has 3 aromatic rings. The highest BCUT2D eigenvalue weighted by Crippen LogP contribution is 2.40. The lowest BCUT2D eigenvalue weighted by Gasteiger charge is -2.06. The minimum absolute atomic E-state index is 0.0977. The molecule has 0 bridgehead atoms. The smallest absolute Gasteiger partial charge is 0.251 e. The van der Waals surface area contributed by atoms with Crippen LogP contribution in [0.4, 0.5) is 0 Å². The van der Waals surface area contributed by atoms with Crippen molar-refractivity contribution in [3.05, 3.63) is 45.2 Å². The van der Waals surface area contributed by atoms with Gasteiger partial charge in [0.05, 0.1) is 12.2 Å². The number of aryl methyl sites for hydroxylation is 2. The highest BCUT2D eigenvalue weighted by Gasteiger charge is 2.29. The molecule has 1 N–H and O–H groups in total. The van der Waals surface area contributed by atoms with Gasteiger partial charge in [0.1, 0.15) is 10.5 Å². The minimum Gasteiger partial charge on any atom is -0.440 e. The molecular formula is C19H19N3O2S. The standard InChI is InChI=1S/C19H19N3O2S/c23-18(20-10-17-21-14-3-1-2-4-16(14)25-17)12-7-8-13-15(9-12)24-19(22-13)11-5-6-11/h7-9,11H,1-6,10H2,(H,20,23). The summed E-state index contributed by atoms with van der Waals surface area (Å²) < 4.78 is 5.80. The number of rotatable bonds is 4. The van der Waals surface area contributed by atoms with E-state index < -0.39 is 0 Å². The van der Waals surface area contributed by atoms with Crippen LogP contribution in [0.15, 0.2) is 22.6 Å². The van der Waals surface area contributed by atoms with Gasteiger partial charge in [0.25, 0.3) is 5.91 Å². The van der Waals surface area contributed by atoms with Crippen molar-refractivity contribution in [2.45, 2.75) is 51.0 Å². The third kappa shape index (κ3) is 2.95. The number of aromatic nitrogens is 2. The summed E-state index contributed by atoms with van der Waals surface area (Å²) >= 11 is 1.73. The van der Waals surface area contributed by atoms with Crippen LogP contribution in [0.2, 0.25) is 0 Å². The highest BCUT2D eigenvalue weighted by molar-refractivity contribution is 7.11. The van der Waals surface area contributed by atoms with E-state index in [2.05, 4.69) is 15.3 Å². The monoisotopic (exact) mass is 353 g/mol. The van der Waals surface area contributed by atoms with Gasteiger partial charge in [0.15, 0.2) is 11.5 Å². The van der Waals surface area contributed by atoms with Crippen molar-refractivity contribution < 1.29 is 9.21 Å². The molecule has 1 aromatic carbocycles. The number of benzene rings is 1. The molecule has 0 saturated heterocycles. The lowest BCUT2D eigenvalue weighted by molar-refractivity contribution is 0.0951. The van der Waals surface area contributed by atoms with Gasteiger partial charge in [-0.05, 0) is 56.7 Å². The first-order valence-corrected chi connectivity index (χ1v) is 9.74. The summed E-state index contributed by atoms with van der Waals surface area (Å²) in [4.78, 5) is 23.0. The molecule has 0 unspecified atom stereocenters. The van der Waals surface area contributed by atoms with Crippen molar-refractivity contribution in [3.63, 3.8) is 0 Å². The highest BCUT2D eigenvalue weighted by atomic mass is 32.1. The van der Waals surface area contributed by atoms with Gasteiger partial charge in [-0.25, -0.2) is 9.97 Å². The number of hydrogen-bond donors (Lipinski definition) is 1. The first-order valence-electron chi connectivity index (χ1n) is 8.92. The Morgan fingerprint density at radius 1 is 1.24 bits per heavy atom. The molecule has 1 fully saturated rings. The van der Waals surface area contributed by atoms with Crippen molar-refractivity contribution in [1.29, 1.82) is 0 Å². The van der Waals surface area contributed by atoms with Gasteiger partial charge in [-0.3, -0.25) is 4.79 Å². The fraction of sp³-hybridized carbons (Fsp3) is 0.421. The number of nitrogens with one attached hydrogen (secondary N) is 1. The molecule has 5 nitrogen and oxygen atoms in total. The van der Waals surface area contributed by atoms with Gasteiger partial charge in [0.2, 0.25) is 0 Å². The quantitative estimate of drug-likeness (QED) is 0.770. The van der Waals surface area contributed by atoms with Gasteiger partial charge in [-0.2, -0.15) is 0 Å². The molecule has 6 heteroatoms. The molecule has 2 aromatic heterocycles. The summed E-state index contributed by atoms with van der Waals surface area (Å²) in [5, 5.41) is 3.98. The summed E-state index contributed by atoms with van der Waals surface area (Å²) in [6, 6.07) is 5.46. The van der Waals surface area contributed by atoms with Crippen LogP contribution in [0.25, 0.3) is 11.1 Å². The van der Waals surface area contributed by atoms with Gasteiger partial charge < -0.3 is 9.73 Å². The fourth-order valence-corrected chi connectivity index (χ4v) is 4.42. The van der Waals surface area contributed by atoms with E-state index in [1.54, 1.807) is 17.4 Å². The molecule has 2 heterocycles. The molecule has 1 saturated carbocycles. The number of nitrogens with zero attached hydrogens (tertiary/aromatic N) is 2. The molecule has 0 aliphatic heterocycles. The first kappa shape index (κ1) is 15.1. The average molecular weight is 353 g/mol. The van der Waals surface area contributed by atoms with Gasteiger partial charge in [0, 0.05) is 16.4 Å². The topological polar surface area (TPSA) is 68.0 Å². The maximum absolute atomic E-state index is 12.5. The molecule has 0 spiro atoms. The Bertz CT molecular complexity index is 931. The van der Waals surface area contributed by atoms with E-state index in [1.807, 2.05) is 12.1 Å². The Labute approximate surface area is 149 Å². The zero-order valence-corrected chi connectivity index (χ0v) is 14.7. The molecule has 128 valence electrons. The number of thiazole rings is 1. The number of hydrogen-bond acceptors (Lipinski definition) is 5. The van der Waals surface area contributed by atoms with E-state index in [9.17, 15) is 4.79 Å². The maximum Gasteiger partial charge on any atom is 0.251 e. The van der Waals surface area contributed by atoms with Crippen LogP contribution in [-0.4, -0.2) is 15.9 Å². The van der Waals surface area contributed by atoms with Crippen LogP contribution < -0.4 is 5.32 Å². The van der Waals surface area contributed by atoms with Crippen molar-refractivity contribution in [2.24, 2.45) is 0 Å². The van der Waals surface area contributed by atoms with Crippen LogP contribution in [0.5, 0.6) is 0 Å². The van der Waals surface area contributed by atoms with E-state index in [0.29, 0.717) is 23.6 Å². The van der Waals surface area contributed by atoms with Crippen molar-refractivity contribution in [2.75, 3.05) is 0 Å². The molecule has 0 atom stereocenters. The third-order valence-corrected chi connectivity index (χ3v) is 6.04. The summed E-state index contributed by atoms with van der Waals surface area (Å²) in [7, 11) is 0. The first-order chi connectivity index (χ1) is 12.3. The van der Waals surface area contributed by atoms with Crippen molar-refractivity contribution in [1.82, 2.24) is 15.3 Å². The van der Waals surface area contributed by atoms with E-state index in [1.165, 1.54) is 23.4 Å². The number of carbonyl (C=O) groups excluding carboxylic acids is 1. The Balaban J connectivity index is 1.30. The second kappa shape index (κ2) is 5.95. The molecule has 2 aliphatic carbocycles. The predicted molar refractivity (Wildman–Crippen MR) is 95.9 cm³/mol. The molecule has 5 rings (SSSR count). The van der Waals surface area contributed by atoms with E-state index >= 15 is 0 Å². The number of fused-ring (bicyclic) bond motifs is 2. The largest absolute Gasteiger partial charge is 0.440 e. The Morgan fingerprint density at radius 2 is 2.12 bits per heavy atom. The Morgan fingerprint density at radius 3 is 2.96 bits per heavy atom. The zero-order valence-electron chi connectivity index (χ0n) is 13.9. The lowest BCUT2D eigenvalue weighted by Crippen LogP contribution is -2.22. The van der Waals surface area contributed by atoms with Crippen LogP contribution in [-0.2, 0) is 19.4 Å². The van der Waals surface area contributed by atoms with E-state index in [4.69, 9.17) is 4.42 Å². The van der Waals surface area contributed by atoms with Gasteiger partial charge in [-0.15, -0.1) is 11.3 Å². The van der Waals surface area contributed by atoms with E-state index in [-0.39, 0.29) is 5.91 Å². The predicted octanol–water partition coefficient (Wildman–Crippen LogP) is 3.97. The molecule has 1 amide bonds. The second-order valence-electron chi connectivity index (χ2n) is 6.88. The molecular weight excluding hydrogens is 334 g/mol. The molecule has 25 heavy (non-hydrogen) atoms. The number of amides is 1. The lowest BCUT2D eigenvalue weighted by atomic mass is 10.0. The normalized spacial score (nSPS) is 16.8. The maximum atomic E-state index is 12.5.